The van der Waals surface area contributed by atoms with E-state index in [4.69, 9.17) is 10.2 Å². The van der Waals surface area contributed by atoms with Gasteiger partial charge in [-0.2, -0.15) is 0 Å². The number of carboxylic acid groups (broad SMARTS) is 1. The van der Waals surface area contributed by atoms with E-state index in [0.29, 0.717) is 11.8 Å². The van der Waals surface area contributed by atoms with Crippen LogP contribution in [0, 0.1) is 17.8 Å². The Kier molecular flexibility index (Phi) is 3.66. The van der Waals surface area contributed by atoms with Crippen LogP contribution < -0.4 is 5.32 Å². The maximum Gasteiger partial charge on any atom is 0.326 e. The maximum atomic E-state index is 12.0. The highest BCUT2D eigenvalue weighted by Crippen LogP contribution is 2.48. The van der Waals surface area contributed by atoms with Crippen molar-refractivity contribution in [1.82, 2.24) is 5.32 Å². The molecule has 2 rings (SSSR count). The molecule has 0 spiro atoms. The zero-order chi connectivity index (χ0) is 12.4. The predicted molar refractivity (Wildman–Crippen MR) is 60.2 cm³/mol. The van der Waals surface area contributed by atoms with Gasteiger partial charge < -0.3 is 15.5 Å². The second kappa shape index (κ2) is 5.04. The third-order valence-corrected chi connectivity index (χ3v) is 4.11. The monoisotopic (exact) mass is 241 g/mol. The Balaban J connectivity index is 1.89. The fourth-order valence-corrected chi connectivity index (χ4v) is 3.23. The summed E-state index contributed by atoms with van der Waals surface area (Å²) in [7, 11) is 0. The van der Waals surface area contributed by atoms with Crippen LogP contribution in [-0.4, -0.2) is 34.7 Å². The number of aliphatic hydroxyl groups excluding tert-OH is 1. The lowest BCUT2D eigenvalue weighted by Gasteiger charge is -2.23. The molecule has 2 bridgehead atoms. The highest BCUT2D eigenvalue weighted by Gasteiger charge is 2.43. The van der Waals surface area contributed by atoms with Crippen molar-refractivity contribution >= 4 is 11.9 Å². The molecule has 17 heavy (non-hydrogen) atoms. The lowest BCUT2D eigenvalue weighted by atomic mass is 9.88. The minimum atomic E-state index is -1.07. The molecule has 2 fully saturated rings. The van der Waals surface area contributed by atoms with Crippen molar-refractivity contribution in [1.29, 1.82) is 0 Å². The van der Waals surface area contributed by atoms with Crippen molar-refractivity contribution in [2.24, 2.45) is 17.8 Å². The standard InChI is InChI=1S/C12H19NO4/c14-4-3-10(12(16)17)13-11(15)9-6-7-1-2-8(9)5-7/h7-10,14H,1-6H2,(H,13,15)(H,16,17)/t7?,8?,9?,10-/m0/s1. The molecule has 1 amide bonds. The van der Waals surface area contributed by atoms with E-state index in [1.165, 1.54) is 6.42 Å². The molecule has 5 heteroatoms. The number of rotatable bonds is 5. The number of aliphatic carboxylic acids is 1. The van der Waals surface area contributed by atoms with E-state index in [1.54, 1.807) is 0 Å². The minimum absolute atomic E-state index is 0.00528. The first-order valence-electron chi connectivity index (χ1n) is 6.26. The Hall–Kier alpha value is -1.10. The molecule has 2 saturated carbocycles. The Morgan fingerprint density at radius 1 is 1.29 bits per heavy atom. The quantitative estimate of drug-likeness (QED) is 0.649. The second-order valence-corrected chi connectivity index (χ2v) is 5.19. The first kappa shape index (κ1) is 12.4. The van der Waals surface area contributed by atoms with Gasteiger partial charge in [0.1, 0.15) is 6.04 Å². The van der Waals surface area contributed by atoms with E-state index >= 15 is 0 Å². The van der Waals surface area contributed by atoms with Crippen LogP contribution in [0.5, 0.6) is 0 Å². The average molecular weight is 241 g/mol. The van der Waals surface area contributed by atoms with Crippen molar-refractivity contribution in [3.8, 4) is 0 Å². The Morgan fingerprint density at radius 2 is 2.06 bits per heavy atom. The van der Waals surface area contributed by atoms with Crippen LogP contribution in [0.3, 0.4) is 0 Å². The number of amides is 1. The summed E-state index contributed by atoms with van der Waals surface area (Å²) in [6.07, 6.45) is 4.41. The molecule has 0 aromatic rings. The van der Waals surface area contributed by atoms with Gasteiger partial charge in [-0.1, -0.05) is 6.42 Å². The van der Waals surface area contributed by atoms with Crippen molar-refractivity contribution in [3.63, 3.8) is 0 Å². The maximum absolute atomic E-state index is 12.0. The van der Waals surface area contributed by atoms with Gasteiger partial charge in [-0.3, -0.25) is 4.79 Å². The third kappa shape index (κ3) is 2.60. The number of hydrogen-bond donors (Lipinski definition) is 3. The van der Waals surface area contributed by atoms with E-state index < -0.39 is 12.0 Å². The molecule has 0 saturated heterocycles. The van der Waals surface area contributed by atoms with Crippen molar-refractivity contribution in [2.45, 2.75) is 38.1 Å². The molecule has 2 aliphatic carbocycles. The van der Waals surface area contributed by atoms with Crippen LogP contribution in [0.2, 0.25) is 0 Å². The van der Waals surface area contributed by atoms with Gasteiger partial charge in [-0.15, -0.1) is 0 Å². The summed E-state index contributed by atoms with van der Waals surface area (Å²) in [4.78, 5) is 22.8. The van der Waals surface area contributed by atoms with Gasteiger partial charge in [0, 0.05) is 18.9 Å². The van der Waals surface area contributed by atoms with E-state index in [-0.39, 0.29) is 24.9 Å². The average Bonchev–Trinajstić information content (AvgIpc) is 2.89. The molecule has 0 aliphatic heterocycles. The molecule has 2 aliphatic rings. The summed E-state index contributed by atoms with van der Waals surface area (Å²) in [5.41, 5.74) is 0. The summed E-state index contributed by atoms with van der Waals surface area (Å²) in [5, 5.41) is 20.2. The SMILES string of the molecule is O=C(N[C@@H](CCO)C(=O)O)C1CC2CCC1C2. The van der Waals surface area contributed by atoms with Gasteiger partial charge in [0.15, 0.2) is 0 Å². The number of carboxylic acids is 1. The number of carbonyl (C=O) groups excluding carboxylic acids is 1. The summed E-state index contributed by atoms with van der Waals surface area (Å²) in [6, 6.07) is -0.952. The van der Waals surface area contributed by atoms with Crippen LogP contribution in [0.4, 0.5) is 0 Å². The summed E-state index contributed by atoms with van der Waals surface area (Å²) in [6.45, 7) is -0.228. The van der Waals surface area contributed by atoms with Crippen LogP contribution in [0.1, 0.15) is 32.1 Å². The van der Waals surface area contributed by atoms with Crippen molar-refractivity contribution in [3.05, 3.63) is 0 Å². The van der Waals surface area contributed by atoms with E-state index in [2.05, 4.69) is 5.32 Å². The molecule has 0 radical (unpaired) electrons. The normalized spacial score (nSPS) is 32.4. The first-order chi connectivity index (χ1) is 8.11. The van der Waals surface area contributed by atoms with Gasteiger partial charge >= 0.3 is 5.97 Å². The lowest BCUT2D eigenvalue weighted by molar-refractivity contribution is -0.143. The van der Waals surface area contributed by atoms with Gasteiger partial charge in [0.25, 0.3) is 0 Å². The van der Waals surface area contributed by atoms with Gasteiger partial charge in [-0.25, -0.2) is 4.79 Å². The number of nitrogens with one attached hydrogen (secondary N) is 1. The van der Waals surface area contributed by atoms with Crippen molar-refractivity contribution in [2.75, 3.05) is 6.61 Å². The highest BCUT2D eigenvalue weighted by atomic mass is 16.4. The van der Waals surface area contributed by atoms with E-state index in [0.717, 1.165) is 19.3 Å². The molecule has 3 unspecified atom stereocenters. The number of fused-ring (bicyclic) bond motifs is 2. The topological polar surface area (TPSA) is 86.6 Å². The lowest BCUT2D eigenvalue weighted by Crippen LogP contribution is -2.45. The Bertz CT molecular complexity index is 318. The molecule has 5 nitrogen and oxygen atoms in total. The first-order valence-corrected chi connectivity index (χ1v) is 6.26. The molecule has 0 aromatic heterocycles. The number of carbonyl (C=O) groups is 2. The molecule has 3 N–H and O–H groups in total. The highest BCUT2D eigenvalue weighted by molar-refractivity contribution is 5.85. The molecular formula is C12H19NO4. The van der Waals surface area contributed by atoms with E-state index in [1.807, 2.05) is 0 Å². The van der Waals surface area contributed by atoms with Crippen LogP contribution in [0.25, 0.3) is 0 Å². The van der Waals surface area contributed by atoms with Crippen molar-refractivity contribution < 1.29 is 19.8 Å². The zero-order valence-corrected chi connectivity index (χ0v) is 9.76. The molecule has 0 heterocycles. The third-order valence-electron chi connectivity index (χ3n) is 4.11. The molecule has 96 valence electrons. The smallest absolute Gasteiger partial charge is 0.326 e. The Morgan fingerprint density at radius 3 is 2.53 bits per heavy atom. The summed E-state index contributed by atoms with van der Waals surface area (Å²) >= 11 is 0. The molecule has 0 aromatic carbocycles. The number of aliphatic hydroxyl groups is 1. The zero-order valence-electron chi connectivity index (χ0n) is 9.76. The minimum Gasteiger partial charge on any atom is -0.480 e. The van der Waals surface area contributed by atoms with Crippen LogP contribution >= 0.6 is 0 Å². The summed E-state index contributed by atoms with van der Waals surface area (Å²) in [5.74, 6) is -0.108. The van der Waals surface area contributed by atoms with E-state index in [9.17, 15) is 9.59 Å². The fraction of sp³-hybridized carbons (Fsp3) is 0.833. The molecule has 4 atom stereocenters. The second-order valence-electron chi connectivity index (χ2n) is 5.19. The predicted octanol–water partition coefficient (Wildman–Crippen LogP) is 0.374. The number of hydrogen-bond acceptors (Lipinski definition) is 3. The van der Waals surface area contributed by atoms with Gasteiger partial charge in [0.2, 0.25) is 5.91 Å². The largest absolute Gasteiger partial charge is 0.480 e. The fourth-order valence-electron chi connectivity index (χ4n) is 3.23. The molecular weight excluding hydrogens is 222 g/mol. The van der Waals surface area contributed by atoms with Gasteiger partial charge in [-0.05, 0) is 31.1 Å². The Labute approximate surface area is 100 Å². The van der Waals surface area contributed by atoms with Crippen LogP contribution in [-0.2, 0) is 9.59 Å². The van der Waals surface area contributed by atoms with Gasteiger partial charge in [0.05, 0.1) is 0 Å². The van der Waals surface area contributed by atoms with Crippen LogP contribution in [0.15, 0.2) is 0 Å². The summed E-state index contributed by atoms with van der Waals surface area (Å²) < 4.78 is 0.